The van der Waals surface area contributed by atoms with Crippen molar-refractivity contribution in [3.05, 3.63) is 57.5 Å². The van der Waals surface area contributed by atoms with E-state index in [-0.39, 0.29) is 10.0 Å². The molecule has 1 aromatic carbocycles. The first kappa shape index (κ1) is 13.2. The number of halogens is 3. The maximum absolute atomic E-state index is 13.9. The third-order valence-corrected chi connectivity index (χ3v) is 3.46. The molecule has 2 aromatic rings. The minimum atomic E-state index is -0.493. The normalized spacial score (nSPS) is 12.7. The Morgan fingerprint density at radius 2 is 1.94 bits per heavy atom. The van der Waals surface area contributed by atoms with Crippen LogP contribution in [-0.4, -0.2) is 7.05 Å². The van der Waals surface area contributed by atoms with E-state index in [0.29, 0.717) is 5.76 Å². The summed E-state index contributed by atoms with van der Waals surface area (Å²) in [5.74, 6) is -0.284. The second-order valence-electron chi connectivity index (χ2n) is 3.94. The van der Waals surface area contributed by atoms with Crippen molar-refractivity contribution in [1.29, 1.82) is 0 Å². The van der Waals surface area contributed by atoms with Gasteiger partial charge >= 0.3 is 0 Å². The van der Waals surface area contributed by atoms with Gasteiger partial charge < -0.3 is 9.73 Å². The first-order valence-electron chi connectivity index (χ1n) is 5.40. The molecule has 0 saturated carbocycles. The van der Waals surface area contributed by atoms with Crippen molar-refractivity contribution in [2.45, 2.75) is 13.0 Å². The fourth-order valence-electron chi connectivity index (χ4n) is 1.93. The molecule has 0 fully saturated rings. The highest BCUT2D eigenvalue weighted by molar-refractivity contribution is 9.10. The lowest BCUT2D eigenvalue weighted by Crippen LogP contribution is -2.19. The summed E-state index contributed by atoms with van der Waals surface area (Å²) >= 11 is 2.96. The van der Waals surface area contributed by atoms with E-state index in [9.17, 15) is 8.78 Å². The van der Waals surface area contributed by atoms with Crippen LogP contribution in [0.2, 0.25) is 0 Å². The molecule has 96 valence electrons. The van der Waals surface area contributed by atoms with E-state index in [1.165, 1.54) is 12.3 Å². The van der Waals surface area contributed by atoms with Gasteiger partial charge in [-0.3, -0.25) is 0 Å². The Bertz CT molecular complexity index is 568. The van der Waals surface area contributed by atoms with E-state index in [1.54, 1.807) is 20.0 Å². The van der Waals surface area contributed by atoms with Crippen molar-refractivity contribution in [2.75, 3.05) is 7.05 Å². The summed E-state index contributed by atoms with van der Waals surface area (Å²) in [4.78, 5) is 0. The maximum Gasteiger partial charge on any atom is 0.137 e. The highest BCUT2D eigenvalue weighted by Crippen LogP contribution is 2.30. The predicted octanol–water partition coefficient (Wildman–Crippen LogP) is 3.94. The van der Waals surface area contributed by atoms with Gasteiger partial charge in [-0.2, -0.15) is 0 Å². The van der Waals surface area contributed by atoms with Gasteiger partial charge in [0.05, 0.1) is 16.8 Å². The molecule has 2 nitrogen and oxygen atoms in total. The molecule has 0 aliphatic carbocycles. The number of hydrogen-bond acceptors (Lipinski definition) is 2. The van der Waals surface area contributed by atoms with E-state index in [4.69, 9.17) is 4.42 Å². The number of benzene rings is 1. The molecule has 1 atom stereocenters. The van der Waals surface area contributed by atoms with Gasteiger partial charge in [0.15, 0.2) is 0 Å². The molecule has 2 rings (SSSR count). The van der Waals surface area contributed by atoms with Crippen LogP contribution in [0.4, 0.5) is 8.78 Å². The lowest BCUT2D eigenvalue weighted by Gasteiger charge is -2.17. The Balaban J connectivity index is 2.52. The molecule has 0 amide bonds. The van der Waals surface area contributed by atoms with Gasteiger partial charge in [0.2, 0.25) is 0 Å². The van der Waals surface area contributed by atoms with Crippen molar-refractivity contribution in [2.24, 2.45) is 0 Å². The van der Waals surface area contributed by atoms with Crippen molar-refractivity contribution in [1.82, 2.24) is 5.32 Å². The SMILES string of the molecule is CNC(c1cc(F)c(Br)cc1F)c1ccoc1C. The molecule has 0 saturated heterocycles. The number of nitrogens with one attached hydrogen (secondary N) is 1. The highest BCUT2D eigenvalue weighted by atomic mass is 79.9. The molecular weight excluding hydrogens is 304 g/mol. The average molecular weight is 316 g/mol. The Labute approximate surface area is 112 Å². The van der Waals surface area contributed by atoms with Gasteiger partial charge in [-0.15, -0.1) is 0 Å². The summed E-state index contributed by atoms with van der Waals surface area (Å²) in [6, 6.07) is 3.62. The van der Waals surface area contributed by atoms with Gasteiger partial charge in [-0.1, -0.05) is 0 Å². The van der Waals surface area contributed by atoms with Crippen LogP contribution in [0.25, 0.3) is 0 Å². The zero-order chi connectivity index (χ0) is 13.3. The van der Waals surface area contributed by atoms with E-state index in [0.717, 1.165) is 11.6 Å². The van der Waals surface area contributed by atoms with E-state index in [2.05, 4.69) is 21.2 Å². The largest absolute Gasteiger partial charge is 0.469 e. The number of furan rings is 1. The molecule has 0 bridgehead atoms. The molecule has 0 aliphatic rings. The smallest absolute Gasteiger partial charge is 0.137 e. The lowest BCUT2D eigenvalue weighted by atomic mass is 9.99. The van der Waals surface area contributed by atoms with Crippen LogP contribution in [0.15, 0.2) is 33.4 Å². The van der Waals surface area contributed by atoms with Crippen LogP contribution >= 0.6 is 15.9 Å². The summed E-state index contributed by atoms with van der Waals surface area (Å²) in [7, 11) is 1.69. The zero-order valence-electron chi connectivity index (χ0n) is 9.93. The van der Waals surface area contributed by atoms with Crippen LogP contribution in [0.1, 0.15) is 22.9 Å². The Hall–Kier alpha value is -1.20. The number of rotatable bonds is 3. The molecule has 0 spiro atoms. The Kier molecular flexibility index (Phi) is 3.82. The molecule has 1 heterocycles. The molecule has 5 heteroatoms. The van der Waals surface area contributed by atoms with Gasteiger partial charge in [0.25, 0.3) is 0 Å². The summed E-state index contributed by atoms with van der Waals surface area (Å²) < 4.78 is 32.8. The third-order valence-electron chi connectivity index (χ3n) is 2.85. The molecule has 1 N–H and O–H groups in total. The predicted molar refractivity (Wildman–Crippen MR) is 68.4 cm³/mol. The number of aryl methyl sites for hydroxylation is 1. The third kappa shape index (κ3) is 2.33. The standard InChI is InChI=1S/C13H12BrF2NO/c1-7-8(3-4-18-7)13(17-2)9-5-12(16)10(14)6-11(9)15/h3-6,13,17H,1-2H3. The molecule has 0 aliphatic heterocycles. The molecule has 0 radical (unpaired) electrons. The summed E-state index contributed by atoms with van der Waals surface area (Å²) in [6.07, 6.45) is 1.53. The second kappa shape index (κ2) is 5.20. The molecule has 1 aromatic heterocycles. The summed E-state index contributed by atoms with van der Waals surface area (Å²) in [6.45, 7) is 1.78. The zero-order valence-corrected chi connectivity index (χ0v) is 11.5. The van der Waals surface area contributed by atoms with Crippen LogP contribution in [0.5, 0.6) is 0 Å². The summed E-state index contributed by atoms with van der Waals surface area (Å²) in [5.41, 5.74) is 1.04. The number of hydrogen-bond donors (Lipinski definition) is 1. The lowest BCUT2D eigenvalue weighted by molar-refractivity contribution is 0.516. The van der Waals surface area contributed by atoms with Gasteiger partial charge in [-0.05, 0) is 48.1 Å². The maximum atomic E-state index is 13.9. The molecule has 18 heavy (non-hydrogen) atoms. The molecule has 1 unspecified atom stereocenters. The average Bonchev–Trinajstić information content (AvgIpc) is 2.73. The van der Waals surface area contributed by atoms with Gasteiger partial charge in [0.1, 0.15) is 17.4 Å². The van der Waals surface area contributed by atoms with Crippen LogP contribution in [0.3, 0.4) is 0 Å². The monoisotopic (exact) mass is 315 g/mol. The Morgan fingerprint density at radius 1 is 1.22 bits per heavy atom. The second-order valence-corrected chi connectivity index (χ2v) is 4.80. The fraction of sp³-hybridized carbons (Fsp3) is 0.231. The first-order chi connectivity index (χ1) is 8.54. The quantitative estimate of drug-likeness (QED) is 0.868. The van der Waals surface area contributed by atoms with Gasteiger partial charge in [0, 0.05) is 11.1 Å². The van der Waals surface area contributed by atoms with E-state index < -0.39 is 17.7 Å². The van der Waals surface area contributed by atoms with E-state index >= 15 is 0 Å². The minimum Gasteiger partial charge on any atom is -0.469 e. The first-order valence-corrected chi connectivity index (χ1v) is 6.19. The van der Waals surface area contributed by atoms with Crippen molar-refractivity contribution in [3.8, 4) is 0 Å². The van der Waals surface area contributed by atoms with Crippen LogP contribution in [-0.2, 0) is 0 Å². The minimum absolute atomic E-state index is 0.113. The highest BCUT2D eigenvalue weighted by Gasteiger charge is 2.21. The summed E-state index contributed by atoms with van der Waals surface area (Å²) in [5, 5.41) is 2.97. The van der Waals surface area contributed by atoms with E-state index in [1.807, 2.05) is 0 Å². The van der Waals surface area contributed by atoms with Crippen molar-refractivity contribution in [3.63, 3.8) is 0 Å². The molecular formula is C13H12BrF2NO. The van der Waals surface area contributed by atoms with Crippen LogP contribution in [0, 0.1) is 18.6 Å². The Morgan fingerprint density at radius 3 is 2.50 bits per heavy atom. The van der Waals surface area contributed by atoms with Crippen molar-refractivity contribution < 1.29 is 13.2 Å². The van der Waals surface area contributed by atoms with Gasteiger partial charge in [-0.25, -0.2) is 8.78 Å². The van der Waals surface area contributed by atoms with Crippen molar-refractivity contribution >= 4 is 15.9 Å². The fourth-order valence-corrected chi connectivity index (χ4v) is 2.25. The van der Waals surface area contributed by atoms with Crippen LogP contribution < -0.4 is 5.32 Å². The topological polar surface area (TPSA) is 25.2 Å².